The Morgan fingerprint density at radius 2 is 1.70 bits per heavy atom. The van der Waals surface area contributed by atoms with Crippen molar-refractivity contribution in [2.45, 2.75) is 40.5 Å². The summed E-state index contributed by atoms with van der Waals surface area (Å²) < 4.78 is 2.10. The lowest BCUT2D eigenvalue weighted by atomic mass is 10.2. The van der Waals surface area contributed by atoms with E-state index < -0.39 is 0 Å². The zero-order valence-electron chi connectivity index (χ0n) is 14.5. The molecule has 0 unspecified atom stereocenters. The summed E-state index contributed by atoms with van der Waals surface area (Å²) in [6, 6.07) is 12.3. The summed E-state index contributed by atoms with van der Waals surface area (Å²) in [5.41, 5.74) is 3.26. The summed E-state index contributed by atoms with van der Waals surface area (Å²) >= 11 is 0. The average Bonchev–Trinajstić information content (AvgIpc) is 2.97. The van der Waals surface area contributed by atoms with E-state index in [1.807, 2.05) is 52.0 Å². The van der Waals surface area contributed by atoms with Crippen LogP contribution >= 0.6 is 0 Å². The molecule has 3 aromatic rings. The van der Waals surface area contributed by atoms with Crippen molar-refractivity contribution in [2.24, 2.45) is 0 Å². The van der Waals surface area contributed by atoms with Crippen LogP contribution in [0.15, 0.2) is 48.7 Å². The molecule has 2 aromatic heterocycles. The third-order valence-corrected chi connectivity index (χ3v) is 3.47. The van der Waals surface area contributed by atoms with Gasteiger partial charge in [0.25, 0.3) is 0 Å². The summed E-state index contributed by atoms with van der Waals surface area (Å²) in [5, 5.41) is 1.21. The fraction of sp³-hybridized carbons (Fsp3) is 0.300. The second-order valence-corrected chi connectivity index (χ2v) is 5.27. The first-order valence-corrected chi connectivity index (χ1v) is 8.26. The van der Waals surface area contributed by atoms with Crippen LogP contribution in [0.2, 0.25) is 0 Å². The van der Waals surface area contributed by atoms with Crippen LogP contribution in [0, 0.1) is 13.8 Å². The third-order valence-electron chi connectivity index (χ3n) is 3.47. The molecule has 1 aliphatic heterocycles. The quantitative estimate of drug-likeness (QED) is 0.573. The number of hydrogen-bond acceptors (Lipinski definition) is 2. The third kappa shape index (κ3) is 4.52. The fourth-order valence-corrected chi connectivity index (χ4v) is 2.45. The molecule has 0 spiro atoms. The van der Waals surface area contributed by atoms with Crippen molar-refractivity contribution >= 4 is 17.1 Å². The van der Waals surface area contributed by atoms with E-state index in [4.69, 9.17) is 0 Å². The smallest absolute Gasteiger partial charge is 0.113 e. The molecule has 3 heterocycles. The number of pyridine rings is 1. The number of hydrogen-bond donors (Lipinski definition) is 0. The maximum absolute atomic E-state index is 4.38. The summed E-state index contributed by atoms with van der Waals surface area (Å²) in [7, 11) is 0. The van der Waals surface area contributed by atoms with Gasteiger partial charge in [0.15, 0.2) is 0 Å². The van der Waals surface area contributed by atoms with E-state index in [2.05, 4.69) is 45.1 Å². The highest BCUT2D eigenvalue weighted by Gasteiger charge is 2.04. The molecule has 23 heavy (non-hydrogen) atoms. The molecule has 120 valence electrons. The SMILES string of the molecule is CC.Cc1ccc2ccccc2n1.Cc1cn2c(n1)CCC=C2. The van der Waals surface area contributed by atoms with Crippen molar-refractivity contribution in [3.63, 3.8) is 0 Å². The van der Waals surface area contributed by atoms with E-state index in [1.54, 1.807) is 0 Å². The zero-order chi connectivity index (χ0) is 16.7. The number of aryl methyl sites for hydroxylation is 3. The van der Waals surface area contributed by atoms with Gasteiger partial charge in [-0.3, -0.25) is 4.98 Å². The Kier molecular flexibility index (Phi) is 6.10. The van der Waals surface area contributed by atoms with Crippen molar-refractivity contribution in [1.82, 2.24) is 14.5 Å². The monoisotopic (exact) mass is 307 g/mol. The number of aromatic nitrogens is 3. The minimum absolute atomic E-state index is 1.07. The summed E-state index contributed by atoms with van der Waals surface area (Å²) in [5.74, 6) is 1.19. The second kappa shape index (κ2) is 8.28. The van der Waals surface area contributed by atoms with E-state index in [-0.39, 0.29) is 0 Å². The highest BCUT2D eigenvalue weighted by Crippen LogP contribution is 2.11. The molecule has 0 saturated carbocycles. The lowest BCUT2D eigenvalue weighted by molar-refractivity contribution is 0.836. The molecule has 3 nitrogen and oxygen atoms in total. The van der Waals surface area contributed by atoms with Crippen LogP contribution in [-0.2, 0) is 6.42 Å². The minimum Gasteiger partial charge on any atom is -0.311 e. The van der Waals surface area contributed by atoms with Gasteiger partial charge in [0.1, 0.15) is 5.82 Å². The number of imidazole rings is 1. The van der Waals surface area contributed by atoms with Crippen molar-refractivity contribution in [3.8, 4) is 0 Å². The molecule has 0 fully saturated rings. The van der Waals surface area contributed by atoms with Gasteiger partial charge >= 0.3 is 0 Å². The largest absolute Gasteiger partial charge is 0.311 e. The van der Waals surface area contributed by atoms with Crippen molar-refractivity contribution in [1.29, 1.82) is 0 Å². The van der Waals surface area contributed by atoms with Crippen LogP contribution in [0.3, 0.4) is 0 Å². The van der Waals surface area contributed by atoms with Gasteiger partial charge in [-0.25, -0.2) is 4.98 Å². The highest BCUT2D eigenvalue weighted by molar-refractivity contribution is 5.78. The first kappa shape index (κ1) is 16.9. The molecule has 0 radical (unpaired) electrons. The maximum Gasteiger partial charge on any atom is 0.113 e. The zero-order valence-corrected chi connectivity index (χ0v) is 14.5. The Labute approximate surface area is 138 Å². The number of allylic oxidation sites excluding steroid dienone is 1. The molecule has 3 heteroatoms. The molecule has 1 aliphatic rings. The Bertz CT molecular complexity index is 784. The van der Waals surface area contributed by atoms with Gasteiger partial charge in [0.2, 0.25) is 0 Å². The molecular weight excluding hydrogens is 282 g/mol. The van der Waals surface area contributed by atoms with Crippen LogP contribution in [-0.4, -0.2) is 14.5 Å². The summed E-state index contributed by atoms with van der Waals surface area (Å²) in [6.07, 6.45) is 8.54. The molecule has 0 N–H and O–H groups in total. The van der Waals surface area contributed by atoms with Crippen LogP contribution in [0.5, 0.6) is 0 Å². The van der Waals surface area contributed by atoms with Crippen molar-refractivity contribution in [2.75, 3.05) is 0 Å². The Hall–Kier alpha value is -2.42. The number of rotatable bonds is 0. The van der Waals surface area contributed by atoms with Crippen molar-refractivity contribution in [3.05, 3.63) is 65.9 Å². The van der Waals surface area contributed by atoms with Crippen LogP contribution in [0.25, 0.3) is 17.1 Å². The average molecular weight is 307 g/mol. The number of nitrogens with zero attached hydrogens (tertiary/aromatic N) is 3. The number of fused-ring (bicyclic) bond motifs is 2. The normalized spacial score (nSPS) is 11.8. The summed E-state index contributed by atoms with van der Waals surface area (Å²) in [6.45, 7) is 8.03. The molecular formula is C20H25N3. The molecule has 1 aromatic carbocycles. The Balaban J connectivity index is 0.000000152. The molecule has 0 amide bonds. The van der Waals surface area contributed by atoms with Crippen LogP contribution < -0.4 is 0 Å². The molecule has 0 saturated heterocycles. The van der Waals surface area contributed by atoms with E-state index in [0.29, 0.717) is 0 Å². The Morgan fingerprint density at radius 3 is 2.48 bits per heavy atom. The van der Waals surface area contributed by atoms with Gasteiger partial charge < -0.3 is 4.57 Å². The van der Waals surface area contributed by atoms with Gasteiger partial charge in [-0.15, -0.1) is 0 Å². The second-order valence-electron chi connectivity index (χ2n) is 5.27. The lowest BCUT2D eigenvalue weighted by Crippen LogP contribution is -1.99. The minimum atomic E-state index is 1.07. The lowest BCUT2D eigenvalue weighted by Gasteiger charge is -2.04. The number of benzene rings is 1. The summed E-state index contributed by atoms with van der Waals surface area (Å²) in [4.78, 5) is 8.74. The molecule has 0 aliphatic carbocycles. The Morgan fingerprint density at radius 1 is 0.913 bits per heavy atom. The van der Waals surface area contributed by atoms with Gasteiger partial charge in [0.05, 0.1) is 11.2 Å². The maximum atomic E-state index is 4.38. The van der Waals surface area contributed by atoms with Crippen LogP contribution in [0.1, 0.15) is 37.5 Å². The topological polar surface area (TPSA) is 30.7 Å². The molecule has 4 rings (SSSR count). The van der Waals surface area contributed by atoms with E-state index >= 15 is 0 Å². The molecule has 0 bridgehead atoms. The van der Waals surface area contributed by atoms with E-state index in [9.17, 15) is 0 Å². The van der Waals surface area contributed by atoms with Gasteiger partial charge in [-0.2, -0.15) is 0 Å². The van der Waals surface area contributed by atoms with Gasteiger partial charge in [-0.05, 0) is 32.4 Å². The van der Waals surface area contributed by atoms with E-state index in [0.717, 1.165) is 29.7 Å². The van der Waals surface area contributed by atoms with Crippen molar-refractivity contribution < 1.29 is 0 Å². The van der Waals surface area contributed by atoms with Crippen LogP contribution in [0.4, 0.5) is 0 Å². The first-order chi connectivity index (χ1) is 11.2. The van der Waals surface area contributed by atoms with Gasteiger partial charge in [-0.1, -0.05) is 44.2 Å². The standard InChI is InChI=1S/C10H9N.C8H10N2.C2H6/c1-8-6-7-9-4-2-3-5-10(9)11-8;1-7-6-10-5-3-2-4-8(10)9-7;1-2/h2-7H,1H3;3,5-6H,2,4H2,1H3;1-2H3. The first-order valence-electron chi connectivity index (χ1n) is 8.26. The number of para-hydroxylation sites is 1. The fourth-order valence-electron chi connectivity index (χ4n) is 2.45. The predicted octanol–water partition coefficient (Wildman–Crippen LogP) is 5.18. The van der Waals surface area contributed by atoms with Gasteiger partial charge in [0, 0.05) is 29.9 Å². The predicted molar refractivity (Wildman–Crippen MR) is 98.4 cm³/mol. The molecule has 0 atom stereocenters. The highest BCUT2D eigenvalue weighted by atomic mass is 15.1. The van der Waals surface area contributed by atoms with E-state index in [1.165, 1.54) is 11.2 Å².